The summed E-state index contributed by atoms with van der Waals surface area (Å²) in [7, 11) is 0. The third-order valence-corrected chi connectivity index (χ3v) is 8.71. The van der Waals surface area contributed by atoms with E-state index in [1.54, 1.807) is 24.3 Å². The first-order valence-electron chi connectivity index (χ1n) is 15.1. The van der Waals surface area contributed by atoms with Crippen molar-refractivity contribution in [2.45, 2.75) is 89.4 Å². The van der Waals surface area contributed by atoms with Gasteiger partial charge in [-0.1, -0.05) is 31.5 Å². The van der Waals surface area contributed by atoms with Gasteiger partial charge in [-0.3, -0.25) is 14.4 Å². The predicted octanol–water partition coefficient (Wildman–Crippen LogP) is 4.61. The van der Waals surface area contributed by atoms with Gasteiger partial charge in [-0.15, -0.1) is 0 Å². The van der Waals surface area contributed by atoms with Crippen molar-refractivity contribution in [1.82, 2.24) is 15.5 Å². The molecule has 0 unspecified atom stereocenters. The number of hydrogen-bond donors (Lipinski definition) is 3. The molecule has 44 heavy (non-hydrogen) atoms. The molecule has 9 nitrogen and oxygen atoms in total. The van der Waals surface area contributed by atoms with Gasteiger partial charge in [0.15, 0.2) is 0 Å². The number of benzene rings is 1. The Labute approximate surface area is 260 Å². The molecule has 4 aliphatic rings. The largest absolute Gasteiger partial charge is 0.461 e. The summed E-state index contributed by atoms with van der Waals surface area (Å²) in [5.41, 5.74) is 0.569. The molecule has 242 valence electrons. The molecule has 3 amide bonds. The molecular weight excluding hydrogens is 601 g/mol. The summed E-state index contributed by atoms with van der Waals surface area (Å²) in [6.45, 7) is 5.67. The minimum Gasteiger partial charge on any atom is -0.461 e. The zero-order valence-electron chi connectivity index (χ0n) is 25.1. The average molecular weight is 641 g/mol. The number of ether oxygens (including phenoxy) is 1. The molecule has 13 heteroatoms. The van der Waals surface area contributed by atoms with Crippen LogP contribution in [0.2, 0.25) is 5.02 Å². The molecule has 1 aliphatic carbocycles. The van der Waals surface area contributed by atoms with E-state index in [1.165, 1.54) is 11.8 Å². The van der Waals surface area contributed by atoms with E-state index in [-0.39, 0.29) is 31.3 Å². The zero-order chi connectivity index (χ0) is 32.2. The van der Waals surface area contributed by atoms with Gasteiger partial charge in [0.2, 0.25) is 23.5 Å². The van der Waals surface area contributed by atoms with E-state index in [0.29, 0.717) is 36.5 Å². The number of amides is 3. The standard InChI is InChI=1S/C31H40ClF3N4O5/c1-4-44-30(43)24(33)15-21(13-18-10-11-36-27(18)40)38-28(41)26-23-9-8-22(16-31(23,34)35)39(26)29(42)25(12-17(2)3)37-20-7-5-6-19(32)14-20/h5-7,14-15,17-18,21-23,25-26,37H,4,8-13,16H2,1-3H3,(H,36,40)(H,38,41)/b24-15+/t18-,21-,22+,23+,25+,26-/m0/s1. The van der Waals surface area contributed by atoms with E-state index in [2.05, 4.69) is 16.0 Å². The van der Waals surface area contributed by atoms with E-state index in [9.17, 15) is 23.6 Å². The molecule has 3 saturated heterocycles. The lowest BCUT2D eigenvalue weighted by Gasteiger charge is -2.54. The zero-order valence-corrected chi connectivity index (χ0v) is 25.8. The van der Waals surface area contributed by atoms with Crippen LogP contribution in [0.3, 0.4) is 0 Å². The number of fused-ring (bicyclic) bond motifs is 3. The minimum atomic E-state index is -3.21. The van der Waals surface area contributed by atoms with E-state index in [4.69, 9.17) is 16.3 Å². The van der Waals surface area contributed by atoms with Crippen molar-refractivity contribution in [3.8, 4) is 0 Å². The Morgan fingerprint density at radius 1 is 1.23 bits per heavy atom. The maximum Gasteiger partial charge on any atom is 0.366 e. The van der Waals surface area contributed by atoms with Crippen LogP contribution in [0.25, 0.3) is 0 Å². The van der Waals surface area contributed by atoms with Crippen LogP contribution >= 0.6 is 11.6 Å². The van der Waals surface area contributed by atoms with E-state index >= 15 is 8.78 Å². The summed E-state index contributed by atoms with van der Waals surface area (Å²) in [6, 6.07) is 2.33. The van der Waals surface area contributed by atoms with Crippen molar-refractivity contribution in [2.24, 2.45) is 17.8 Å². The van der Waals surface area contributed by atoms with E-state index in [0.717, 1.165) is 6.08 Å². The fourth-order valence-corrected chi connectivity index (χ4v) is 6.72. The lowest BCUT2D eigenvalue weighted by Crippen LogP contribution is -2.70. The highest BCUT2D eigenvalue weighted by atomic mass is 35.5. The van der Waals surface area contributed by atoms with Crippen LogP contribution in [0.15, 0.2) is 36.2 Å². The third-order valence-electron chi connectivity index (χ3n) is 8.48. The van der Waals surface area contributed by atoms with Crippen LogP contribution in [-0.2, 0) is 23.9 Å². The molecule has 0 spiro atoms. The summed E-state index contributed by atoms with van der Waals surface area (Å²) < 4.78 is 50.1. The number of nitrogens with one attached hydrogen (secondary N) is 3. The van der Waals surface area contributed by atoms with Crippen molar-refractivity contribution in [2.75, 3.05) is 18.5 Å². The van der Waals surface area contributed by atoms with Crippen LogP contribution in [0.4, 0.5) is 18.9 Å². The number of hydrogen-bond acceptors (Lipinski definition) is 6. The van der Waals surface area contributed by atoms with Crippen molar-refractivity contribution < 1.29 is 37.1 Å². The normalized spacial score (nSPS) is 25.8. The molecule has 5 rings (SSSR count). The molecule has 2 bridgehead atoms. The van der Waals surface area contributed by atoms with Gasteiger partial charge in [-0.2, -0.15) is 4.39 Å². The molecule has 3 aliphatic heterocycles. The van der Waals surface area contributed by atoms with Gasteiger partial charge in [-0.05, 0) is 69.2 Å². The summed E-state index contributed by atoms with van der Waals surface area (Å²) in [5.74, 6) is -9.42. The van der Waals surface area contributed by atoms with E-state index < -0.39 is 72.0 Å². The number of nitrogens with zero attached hydrogens (tertiary/aromatic N) is 1. The Hall–Kier alpha value is -3.28. The molecular formula is C31H40ClF3N4O5. The minimum absolute atomic E-state index is 0.0266. The van der Waals surface area contributed by atoms with Gasteiger partial charge in [0.1, 0.15) is 12.1 Å². The number of anilines is 1. The molecule has 3 heterocycles. The van der Waals surface area contributed by atoms with Crippen molar-refractivity contribution >= 4 is 41.0 Å². The van der Waals surface area contributed by atoms with Crippen LogP contribution in [0.1, 0.15) is 59.3 Å². The van der Waals surface area contributed by atoms with Gasteiger partial charge in [0, 0.05) is 35.6 Å². The summed E-state index contributed by atoms with van der Waals surface area (Å²) in [5, 5.41) is 8.90. The summed E-state index contributed by atoms with van der Waals surface area (Å²) in [4.78, 5) is 53.7. The SMILES string of the molecule is CCOC(=O)/C(F)=C\[C@H](C[C@@H]1CCNC1=O)NC(=O)[C@@H]1[C@H]2CC[C@H](CC2(F)F)N1C(=O)[C@@H](CC(C)C)Nc1cccc(Cl)c1. The fraction of sp³-hybridized carbons (Fsp3) is 0.613. The Kier molecular flexibility index (Phi) is 10.9. The second kappa shape index (κ2) is 14.2. The predicted molar refractivity (Wildman–Crippen MR) is 159 cm³/mol. The lowest BCUT2D eigenvalue weighted by atomic mass is 9.71. The van der Waals surface area contributed by atoms with Crippen molar-refractivity contribution in [3.05, 3.63) is 41.2 Å². The number of carbonyl (C=O) groups excluding carboxylic acids is 4. The molecule has 1 saturated carbocycles. The molecule has 0 aromatic heterocycles. The quantitative estimate of drug-likeness (QED) is 0.227. The molecule has 1 aromatic carbocycles. The Bertz CT molecular complexity index is 1280. The van der Waals surface area contributed by atoms with Gasteiger partial charge in [0.25, 0.3) is 5.92 Å². The highest BCUT2D eigenvalue weighted by Crippen LogP contribution is 2.49. The number of carbonyl (C=O) groups is 4. The van der Waals surface area contributed by atoms with Crippen LogP contribution in [0, 0.1) is 17.8 Å². The van der Waals surface area contributed by atoms with E-state index in [1.807, 2.05) is 13.8 Å². The van der Waals surface area contributed by atoms with Crippen LogP contribution in [0.5, 0.6) is 0 Å². The Morgan fingerprint density at radius 3 is 2.59 bits per heavy atom. The molecule has 3 N–H and O–H groups in total. The first-order chi connectivity index (χ1) is 20.8. The molecule has 0 radical (unpaired) electrons. The van der Waals surface area contributed by atoms with Gasteiger partial charge < -0.3 is 25.6 Å². The van der Waals surface area contributed by atoms with Gasteiger partial charge in [0.05, 0.1) is 18.6 Å². The topological polar surface area (TPSA) is 117 Å². The molecule has 4 fully saturated rings. The second-order valence-corrected chi connectivity index (χ2v) is 12.6. The summed E-state index contributed by atoms with van der Waals surface area (Å²) >= 11 is 6.14. The second-order valence-electron chi connectivity index (χ2n) is 12.2. The molecule has 6 atom stereocenters. The monoisotopic (exact) mass is 640 g/mol. The Morgan fingerprint density at radius 2 is 1.98 bits per heavy atom. The van der Waals surface area contributed by atoms with Crippen LogP contribution < -0.4 is 16.0 Å². The number of piperidine rings is 2. The molecule has 1 aromatic rings. The fourth-order valence-electron chi connectivity index (χ4n) is 6.53. The maximum atomic E-state index is 15.3. The first kappa shape index (κ1) is 33.6. The van der Waals surface area contributed by atoms with Gasteiger partial charge in [-0.25, -0.2) is 13.6 Å². The van der Waals surface area contributed by atoms with Crippen molar-refractivity contribution in [1.29, 1.82) is 0 Å². The number of halogens is 4. The third kappa shape index (κ3) is 7.86. The lowest BCUT2D eigenvalue weighted by molar-refractivity contribution is -0.194. The number of esters is 1. The highest BCUT2D eigenvalue weighted by Gasteiger charge is 2.61. The first-order valence-corrected chi connectivity index (χ1v) is 15.5. The van der Waals surface area contributed by atoms with Crippen LogP contribution in [-0.4, -0.2) is 71.8 Å². The van der Waals surface area contributed by atoms with Crippen molar-refractivity contribution in [3.63, 3.8) is 0 Å². The smallest absolute Gasteiger partial charge is 0.366 e. The Balaban J connectivity index is 1.65. The number of alkyl halides is 2. The average Bonchev–Trinajstić information content (AvgIpc) is 3.35. The highest BCUT2D eigenvalue weighted by molar-refractivity contribution is 6.30. The maximum absolute atomic E-state index is 15.3. The summed E-state index contributed by atoms with van der Waals surface area (Å²) in [6.07, 6.45) is 1.32. The van der Waals surface area contributed by atoms with Gasteiger partial charge >= 0.3 is 5.97 Å². The number of rotatable bonds is 12.